The Morgan fingerprint density at radius 3 is 1.65 bits per heavy atom. The third-order valence-electron chi connectivity index (χ3n) is 6.28. The molecule has 3 nitrogen and oxygen atoms in total. The lowest BCUT2D eigenvalue weighted by Gasteiger charge is -2.32. The largest absolute Gasteiger partial charge is 0.345 e. The van der Waals surface area contributed by atoms with Crippen LogP contribution in [-0.4, -0.2) is 41.8 Å². The van der Waals surface area contributed by atoms with Gasteiger partial charge in [-0.05, 0) is 6.42 Å². The minimum absolute atomic E-state index is 0.326. The summed E-state index contributed by atoms with van der Waals surface area (Å²) in [5.41, 5.74) is 0. The Hall–Kier alpha value is -0.410. The standard InChI is InChI=1S/C23H47N2O/c1-4-5-6-7-8-9-10-11-12-13-14-15-16-17-18-19-23-24-20-21-25(23,3)22(2)26/h22,26H,4-21H2,1-3H3/q+1. The topological polar surface area (TPSA) is 32.6 Å². The van der Waals surface area contributed by atoms with Crippen LogP contribution in [-0.2, 0) is 0 Å². The van der Waals surface area contributed by atoms with Crippen LogP contribution < -0.4 is 0 Å². The first-order chi connectivity index (χ1) is 12.6. The van der Waals surface area contributed by atoms with Crippen LogP contribution in [0, 0.1) is 0 Å². The van der Waals surface area contributed by atoms with E-state index in [2.05, 4.69) is 19.0 Å². The molecule has 2 atom stereocenters. The molecular weight excluding hydrogens is 320 g/mol. The van der Waals surface area contributed by atoms with E-state index in [1.54, 1.807) is 0 Å². The van der Waals surface area contributed by atoms with E-state index in [4.69, 9.17) is 0 Å². The highest BCUT2D eigenvalue weighted by Gasteiger charge is 2.37. The number of hydrogen-bond donors (Lipinski definition) is 1. The van der Waals surface area contributed by atoms with Crippen LogP contribution in [0.25, 0.3) is 0 Å². The normalized spacial score (nSPS) is 21.2. The second-order valence-electron chi connectivity index (χ2n) is 8.62. The minimum atomic E-state index is -0.326. The van der Waals surface area contributed by atoms with Crippen molar-refractivity contribution in [2.45, 2.75) is 123 Å². The van der Waals surface area contributed by atoms with Crippen LogP contribution in [0.1, 0.15) is 117 Å². The fraction of sp³-hybridized carbons (Fsp3) is 0.957. The quantitative estimate of drug-likeness (QED) is 0.233. The molecule has 0 saturated carbocycles. The molecule has 0 bridgehead atoms. The molecule has 0 spiro atoms. The average Bonchev–Trinajstić information content (AvgIpc) is 3.00. The Morgan fingerprint density at radius 2 is 1.23 bits per heavy atom. The molecule has 0 aromatic carbocycles. The maximum absolute atomic E-state index is 10.00. The Balaban J connectivity index is 1.84. The predicted octanol–water partition coefficient (Wildman–Crippen LogP) is 6.44. The monoisotopic (exact) mass is 367 g/mol. The smallest absolute Gasteiger partial charge is 0.200 e. The van der Waals surface area contributed by atoms with E-state index in [0.717, 1.165) is 19.5 Å². The van der Waals surface area contributed by atoms with Crippen LogP contribution in [0.3, 0.4) is 0 Å². The van der Waals surface area contributed by atoms with Gasteiger partial charge < -0.3 is 5.11 Å². The van der Waals surface area contributed by atoms with E-state index >= 15 is 0 Å². The first-order valence-electron chi connectivity index (χ1n) is 11.7. The Kier molecular flexibility index (Phi) is 13.3. The van der Waals surface area contributed by atoms with Crippen LogP contribution in [0.4, 0.5) is 0 Å². The van der Waals surface area contributed by atoms with Crippen molar-refractivity contribution in [1.82, 2.24) is 0 Å². The van der Waals surface area contributed by atoms with Gasteiger partial charge in [-0.25, -0.2) is 4.99 Å². The van der Waals surface area contributed by atoms with Gasteiger partial charge in [0, 0.05) is 13.3 Å². The van der Waals surface area contributed by atoms with Crippen molar-refractivity contribution in [2.75, 3.05) is 20.1 Å². The third-order valence-corrected chi connectivity index (χ3v) is 6.28. The van der Waals surface area contributed by atoms with E-state index in [-0.39, 0.29) is 6.23 Å². The number of likely N-dealkylation sites (N-methyl/N-ethyl adjacent to an activating group) is 1. The number of nitrogens with zero attached hydrogens (tertiary/aromatic N) is 2. The summed E-state index contributed by atoms with van der Waals surface area (Å²) >= 11 is 0. The second-order valence-corrected chi connectivity index (χ2v) is 8.62. The first-order valence-corrected chi connectivity index (χ1v) is 11.7. The lowest BCUT2D eigenvalue weighted by Crippen LogP contribution is -2.53. The zero-order chi connectivity index (χ0) is 19.1. The van der Waals surface area contributed by atoms with Gasteiger partial charge in [-0.2, -0.15) is 0 Å². The molecule has 0 fully saturated rings. The molecule has 26 heavy (non-hydrogen) atoms. The van der Waals surface area contributed by atoms with Gasteiger partial charge in [0.1, 0.15) is 6.54 Å². The Morgan fingerprint density at radius 1 is 0.808 bits per heavy atom. The maximum atomic E-state index is 10.00. The van der Waals surface area contributed by atoms with Gasteiger partial charge in [0.05, 0.1) is 13.6 Å². The predicted molar refractivity (Wildman–Crippen MR) is 115 cm³/mol. The fourth-order valence-electron chi connectivity index (χ4n) is 4.07. The highest BCUT2D eigenvalue weighted by molar-refractivity contribution is 5.76. The summed E-state index contributed by atoms with van der Waals surface area (Å²) in [4.78, 5) is 4.64. The number of aliphatic imine (C=N–C) groups is 1. The number of quaternary nitrogens is 1. The van der Waals surface area contributed by atoms with E-state index in [1.807, 2.05) is 6.92 Å². The van der Waals surface area contributed by atoms with E-state index in [9.17, 15) is 5.11 Å². The molecular formula is C23H47N2O+. The van der Waals surface area contributed by atoms with Crippen LogP contribution in [0.15, 0.2) is 4.99 Å². The second kappa shape index (κ2) is 14.6. The van der Waals surface area contributed by atoms with Crippen molar-refractivity contribution in [2.24, 2.45) is 4.99 Å². The molecule has 2 unspecified atom stereocenters. The van der Waals surface area contributed by atoms with E-state index in [1.165, 1.54) is 102 Å². The molecule has 1 aliphatic heterocycles. The average molecular weight is 368 g/mol. The molecule has 3 heteroatoms. The number of rotatable bonds is 17. The van der Waals surface area contributed by atoms with Crippen LogP contribution >= 0.6 is 0 Å². The number of amidine groups is 1. The van der Waals surface area contributed by atoms with Gasteiger partial charge >= 0.3 is 0 Å². The zero-order valence-corrected chi connectivity index (χ0v) is 18.1. The molecule has 1 heterocycles. The SMILES string of the molecule is CCCCCCCCCCCCCCCCCC1=NCC[N+]1(C)C(C)O. The zero-order valence-electron chi connectivity index (χ0n) is 18.1. The Labute approximate surface area is 163 Å². The summed E-state index contributed by atoms with van der Waals surface area (Å²) in [5, 5.41) is 10.00. The van der Waals surface area contributed by atoms with Gasteiger partial charge in [0.25, 0.3) is 0 Å². The highest BCUT2D eigenvalue weighted by atomic mass is 16.3. The van der Waals surface area contributed by atoms with Gasteiger partial charge in [-0.3, -0.25) is 4.48 Å². The minimum Gasteiger partial charge on any atom is -0.345 e. The molecule has 0 saturated heterocycles. The lowest BCUT2D eigenvalue weighted by molar-refractivity contribution is -0.865. The third kappa shape index (κ3) is 9.50. The van der Waals surface area contributed by atoms with Gasteiger partial charge in [-0.15, -0.1) is 0 Å². The molecule has 154 valence electrons. The van der Waals surface area contributed by atoms with E-state index < -0.39 is 0 Å². The lowest BCUT2D eigenvalue weighted by atomic mass is 10.0. The Bertz CT molecular complexity index is 367. The molecule has 1 aliphatic rings. The molecule has 0 aromatic heterocycles. The van der Waals surface area contributed by atoms with Crippen molar-refractivity contribution >= 4 is 5.84 Å². The number of unbranched alkanes of at least 4 members (excludes halogenated alkanes) is 14. The summed E-state index contributed by atoms with van der Waals surface area (Å²) in [6, 6.07) is 0. The van der Waals surface area contributed by atoms with Crippen molar-refractivity contribution in [3.8, 4) is 0 Å². The summed E-state index contributed by atoms with van der Waals surface area (Å²) in [6.07, 6.45) is 21.8. The van der Waals surface area contributed by atoms with Crippen molar-refractivity contribution < 1.29 is 9.59 Å². The number of hydrogen-bond acceptors (Lipinski definition) is 2. The highest BCUT2D eigenvalue weighted by Crippen LogP contribution is 2.20. The molecule has 0 aromatic rings. The molecule has 1 rings (SSSR count). The molecule has 0 amide bonds. The summed E-state index contributed by atoms with van der Waals surface area (Å²) in [7, 11) is 2.13. The fourth-order valence-corrected chi connectivity index (χ4v) is 4.07. The summed E-state index contributed by atoms with van der Waals surface area (Å²) < 4.78 is 0.651. The van der Waals surface area contributed by atoms with Crippen molar-refractivity contribution in [1.29, 1.82) is 0 Å². The van der Waals surface area contributed by atoms with Crippen LogP contribution in [0.2, 0.25) is 0 Å². The summed E-state index contributed by atoms with van der Waals surface area (Å²) in [5.74, 6) is 1.22. The maximum Gasteiger partial charge on any atom is 0.200 e. The van der Waals surface area contributed by atoms with Gasteiger partial charge in [0.2, 0.25) is 0 Å². The van der Waals surface area contributed by atoms with Crippen molar-refractivity contribution in [3.05, 3.63) is 0 Å². The summed E-state index contributed by atoms with van der Waals surface area (Å²) in [6.45, 7) is 6.03. The molecule has 0 radical (unpaired) electrons. The molecule has 0 aliphatic carbocycles. The molecule has 1 N–H and O–H groups in total. The van der Waals surface area contributed by atoms with Crippen molar-refractivity contribution in [3.63, 3.8) is 0 Å². The van der Waals surface area contributed by atoms with Crippen LogP contribution in [0.5, 0.6) is 0 Å². The number of aliphatic hydroxyl groups is 1. The first kappa shape index (κ1) is 23.6. The van der Waals surface area contributed by atoms with E-state index in [0.29, 0.717) is 4.48 Å². The van der Waals surface area contributed by atoms with Gasteiger partial charge in [-0.1, -0.05) is 96.8 Å². The van der Waals surface area contributed by atoms with Gasteiger partial charge in [0.15, 0.2) is 12.1 Å². The number of aliphatic hydroxyl groups excluding tert-OH is 1.